The Kier molecular flexibility index (Phi) is 3.93. The molecule has 1 aliphatic carbocycles. The molecule has 102 valence electrons. The SMILES string of the molecule is COC(=O)[C@H]1CCCCN1C(=O)C1(C)CCCC1. The molecule has 0 aromatic heterocycles. The normalized spacial score (nSPS) is 27.0. The van der Waals surface area contributed by atoms with E-state index in [1.54, 1.807) is 4.90 Å². The number of hydrogen-bond acceptors (Lipinski definition) is 3. The molecule has 0 spiro atoms. The lowest BCUT2D eigenvalue weighted by Crippen LogP contribution is -2.52. The molecule has 0 unspecified atom stereocenters. The monoisotopic (exact) mass is 253 g/mol. The fourth-order valence-electron chi connectivity index (χ4n) is 3.27. The standard InChI is InChI=1S/C14H23NO3/c1-14(8-4-5-9-14)13(17)15-10-6-3-7-11(15)12(16)18-2/h11H,3-10H2,1-2H3/t11-/m1/s1. The lowest BCUT2D eigenvalue weighted by atomic mass is 9.85. The van der Waals surface area contributed by atoms with Crippen molar-refractivity contribution < 1.29 is 14.3 Å². The highest BCUT2D eigenvalue weighted by Crippen LogP contribution is 2.40. The number of amides is 1. The number of rotatable bonds is 2. The van der Waals surface area contributed by atoms with E-state index in [9.17, 15) is 9.59 Å². The molecule has 1 saturated carbocycles. The van der Waals surface area contributed by atoms with Gasteiger partial charge in [0.15, 0.2) is 0 Å². The molecule has 0 N–H and O–H groups in total. The van der Waals surface area contributed by atoms with E-state index in [4.69, 9.17) is 4.74 Å². The van der Waals surface area contributed by atoms with Gasteiger partial charge in [0.2, 0.25) is 5.91 Å². The second-order valence-corrected chi connectivity index (χ2v) is 5.80. The fraction of sp³-hybridized carbons (Fsp3) is 0.857. The van der Waals surface area contributed by atoms with E-state index in [0.717, 1.165) is 44.9 Å². The van der Waals surface area contributed by atoms with Crippen LogP contribution in [-0.4, -0.2) is 36.5 Å². The van der Waals surface area contributed by atoms with Crippen LogP contribution in [0.3, 0.4) is 0 Å². The molecule has 1 saturated heterocycles. The average Bonchev–Trinajstić information content (AvgIpc) is 2.85. The van der Waals surface area contributed by atoms with Crippen LogP contribution >= 0.6 is 0 Å². The number of ether oxygens (including phenoxy) is 1. The summed E-state index contributed by atoms with van der Waals surface area (Å²) in [4.78, 5) is 26.2. The highest BCUT2D eigenvalue weighted by molar-refractivity contribution is 5.88. The Morgan fingerprint density at radius 3 is 2.44 bits per heavy atom. The molecular weight excluding hydrogens is 230 g/mol. The van der Waals surface area contributed by atoms with E-state index in [1.807, 2.05) is 6.92 Å². The third-order valence-electron chi connectivity index (χ3n) is 4.46. The summed E-state index contributed by atoms with van der Waals surface area (Å²) in [6, 6.07) is -0.353. The average molecular weight is 253 g/mol. The molecule has 0 aromatic rings. The van der Waals surface area contributed by atoms with Crippen LogP contribution in [0.15, 0.2) is 0 Å². The van der Waals surface area contributed by atoms with Crippen molar-refractivity contribution in [2.75, 3.05) is 13.7 Å². The number of esters is 1. The van der Waals surface area contributed by atoms with Crippen molar-refractivity contribution in [2.45, 2.75) is 57.9 Å². The van der Waals surface area contributed by atoms with Crippen LogP contribution in [0.1, 0.15) is 51.9 Å². The minimum atomic E-state index is -0.353. The number of piperidine rings is 1. The Labute approximate surface area is 109 Å². The summed E-state index contributed by atoms with van der Waals surface area (Å²) < 4.78 is 4.83. The molecule has 0 radical (unpaired) electrons. The summed E-state index contributed by atoms with van der Waals surface area (Å²) in [6.07, 6.45) is 6.90. The van der Waals surface area contributed by atoms with Gasteiger partial charge in [-0.05, 0) is 32.1 Å². The molecule has 2 rings (SSSR count). The number of methoxy groups -OCH3 is 1. The summed E-state index contributed by atoms with van der Waals surface area (Å²) in [5, 5.41) is 0. The zero-order valence-corrected chi connectivity index (χ0v) is 11.4. The van der Waals surface area contributed by atoms with Gasteiger partial charge in [0.1, 0.15) is 6.04 Å². The highest BCUT2D eigenvalue weighted by atomic mass is 16.5. The number of carbonyl (C=O) groups is 2. The van der Waals surface area contributed by atoms with Crippen LogP contribution in [0.2, 0.25) is 0 Å². The maximum atomic E-state index is 12.7. The van der Waals surface area contributed by atoms with E-state index in [2.05, 4.69) is 0 Å². The summed E-state index contributed by atoms with van der Waals surface area (Å²) in [5.41, 5.74) is -0.246. The number of likely N-dealkylation sites (tertiary alicyclic amines) is 1. The van der Waals surface area contributed by atoms with Gasteiger partial charge in [0.05, 0.1) is 7.11 Å². The first kappa shape index (κ1) is 13.4. The molecule has 0 aromatic carbocycles. The summed E-state index contributed by atoms with van der Waals surface area (Å²) in [5.74, 6) is -0.0975. The van der Waals surface area contributed by atoms with E-state index in [-0.39, 0.29) is 23.3 Å². The molecule has 4 nitrogen and oxygen atoms in total. The number of hydrogen-bond donors (Lipinski definition) is 0. The van der Waals surface area contributed by atoms with Crippen LogP contribution in [0.5, 0.6) is 0 Å². The van der Waals surface area contributed by atoms with Crippen molar-refractivity contribution in [2.24, 2.45) is 5.41 Å². The predicted molar refractivity (Wildman–Crippen MR) is 67.9 cm³/mol. The van der Waals surface area contributed by atoms with Gasteiger partial charge >= 0.3 is 5.97 Å². The molecule has 2 fully saturated rings. The molecule has 1 atom stereocenters. The molecule has 18 heavy (non-hydrogen) atoms. The van der Waals surface area contributed by atoms with Crippen LogP contribution in [0.25, 0.3) is 0 Å². The summed E-state index contributed by atoms with van der Waals surface area (Å²) >= 11 is 0. The number of nitrogens with zero attached hydrogens (tertiary/aromatic N) is 1. The van der Waals surface area contributed by atoms with Crippen LogP contribution in [0, 0.1) is 5.41 Å². The van der Waals surface area contributed by atoms with Crippen molar-refractivity contribution in [3.8, 4) is 0 Å². The Balaban J connectivity index is 2.13. The highest BCUT2D eigenvalue weighted by Gasteiger charge is 2.43. The zero-order chi connectivity index (χ0) is 13.2. The first-order valence-corrected chi connectivity index (χ1v) is 6.97. The zero-order valence-electron chi connectivity index (χ0n) is 11.4. The molecule has 1 amide bonds. The van der Waals surface area contributed by atoms with Gasteiger partial charge in [0.25, 0.3) is 0 Å². The Morgan fingerprint density at radius 2 is 1.83 bits per heavy atom. The second kappa shape index (κ2) is 5.29. The lowest BCUT2D eigenvalue weighted by molar-refractivity contribution is -0.158. The summed E-state index contributed by atoms with van der Waals surface area (Å²) in [7, 11) is 1.40. The van der Waals surface area contributed by atoms with E-state index < -0.39 is 0 Å². The topological polar surface area (TPSA) is 46.6 Å². The fourth-order valence-corrected chi connectivity index (χ4v) is 3.27. The molecule has 1 heterocycles. The van der Waals surface area contributed by atoms with Gasteiger partial charge in [-0.2, -0.15) is 0 Å². The Morgan fingerprint density at radius 1 is 1.17 bits per heavy atom. The molecule has 2 aliphatic rings. The largest absolute Gasteiger partial charge is 0.467 e. The Hall–Kier alpha value is -1.06. The van der Waals surface area contributed by atoms with Gasteiger partial charge in [-0.15, -0.1) is 0 Å². The first-order chi connectivity index (χ1) is 8.58. The molecular formula is C14H23NO3. The van der Waals surface area contributed by atoms with E-state index in [1.165, 1.54) is 7.11 Å². The van der Waals surface area contributed by atoms with Crippen molar-refractivity contribution in [3.63, 3.8) is 0 Å². The maximum Gasteiger partial charge on any atom is 0.328 e. The van der Waals surface area contributed by atoms with Gasteiger partial charge in [-0.1, -0.05) is 19.8 Å². The summed E-state index contributed by atoms with van der Waals surface area (Å²) in [6.45, 7) is 2.75. The quantitative estimate of drug-likeness (QED) is 0.708. The molecule has 1 aliphatic heterocycles. The molecule has 4 heteroatoms. The van der Waals surface area contributed by atoms with Crippen molar-refractivity contribution in [1.82, 2.24) is 4.90 Å². The third-order valence-corrected chi connectivity index (χ3v) is 4.46. The van der Waals surface area contributed by atoms with Crippen LogP contribution in [0.4, 0.5) is 0 Å². The lowest BCUT2D eigenvalue weighted by Gasteiger charge is -2.38. The van der Waals surface area contributed by atoms with Crippen LogP contribution < -0.4 is 0 Å². The van der Waals surface area contributed by atoms with Crippen molar-refractivity contribution >= 4 is 11.9 Å². The second-order valence-electron chi connectivity index (χ2n) is 5.80. The minimum Gasteiger partial charge on any atom is -0.467 e. The van der Waals surface area contributed by atoms with E-state index in [0.29, 0.717) is 6.54 Å². The van der Waals surface area contributed by atoms with Gasteiger partial charge in [-0.3, -0.25) is 4.79 Å². The minimum absolute atomic E-state index is 0.162. The van der Waals surface area contributed by atoms with Crippen molar-refractivity contribution in [3.05, 3.63) is 0 Å². The smallest absolute Gasteiger partial charge is 0.328 e. The van der Waals surface area contributed by atoms with Crippen LogP contribution in [-0.2, 0) is 14.3 Å². The Bertz CT molecular complexity index is 334. The van der Waals surface area contributed by atoms with Gasteiger partial charge in [0, 0.05) is 12.0 Å². The molecule has 0 bridgehead atoms. The predicted octanol–water partition coefficient (Wildman–Crippen LogP) is 2.12. The van der Waals surface area contributed by atoms with E-state index >= 15 is 0 Å². The maximum absolute atomic E-state index is 12.7. The van der Waals surface area contributed by atoms with Gasteiger partial charge < -0.3 is 9.64 Å². The van der Waals surface area contributed by atoms with Gasteiger partial charge in [-0.25, -0.2) is 4.79 Å². The van der Waals surface area contributed by atoms with Crippen molar-refractivity contribution in [1.29, 1.82) is 0 Å². The first-order valence-electron chi connectivity index (χ1n) is 6.97. The number of carbonyl (C=O) groups excluding carboxylic acids is 2. The third kappa shape index (κ3) is 2.38.